The third-order valence-corrected chi connectivity index (χ3v) is 4.56. The monoisotopic (exact) mass is 178 g/mol. The Hall–Kier alpha value is 1.30. The molecular formula is C3H6Cl3P. The Morgan fingerprint density at radius 3 is 1.14 bits per heavy atom. The number of alkyl halides is 3. The fraction of sp³-hybridized carbons (Fsp3) is 1.00. The number of hydrogen-bond donors (Lipinski definition) is 0. The van der Waals surface area contributed by atoms with Gasteiger partial charge in [0.15, 0.2) is 0 Å². The molecule has 0 saturated carbocycles. The van der Waals surface area contributed by atoms with E-state index < -0.39 is 0 Å². The standard InChI is InChI=1S/C3H6Cl3P/c4-1-7(2-5)3-6/h1-3H2. The van der Waals surface area contributed by atoms with Crippen molar-refractivity contribution in [3.05, 3.63) is 0 Å². The summed E-state index contributed by atoms with van der Waals surface area (Å²) in [6.07, 6.45) is 0. The molecule has 0 aromatic heterocycles. The molecule has 0 N–H and O–H groups in total. The highest BCUT2D eigenvalue weighted by Gasteiger charge is 1.99. The Morgan fingerprint density at radius 1 is 0.857 bits per heavy atom. The fourth-order valence-electron chi connectivity index (χ4n) is 0.0958. The second-order valence-electron chi connectivity index (χ2n) is 1.03. The summed E-state index contributed by atoms with van der Waals surface area (Å²) in [4.78, 5) is 0. The van der Waals surface area contributed by atoms with Crippen molar-refractivity contribution in [2.45, 2.75) is 0 Å². The second-order valence-corrected chi connectivity index (χ2v) is 5.24. The van der Waals surface area contributed by atoms with Crippen molar-refractivity contribution < 1.29 is 0 Å². The maximum atomic E-state index is 5.43. The first-order valence-electron chi connectivity index (χ1n) is 1.75. The van der Waals surface area contributed by atoms with E-state index in [4.69, 9.17) is 34.8 Å². The first-order chi connectivity index (χ1) is 3.35. The van der Waals surface area contributed by atoms with Crippen LogP contribution in [0.25, 0.3) is 0 Å². The fourth-order valence-corrected chi connectivity index (χ4v) is 2.59. The van der Waals surface area contributed by atoms with Gasteiger partial charge in [-0.25, -0.2) is 0 Å². The molecule has 0 aromatic carbocycles. The zero-order chi connectivity index (χ0) is 5.70. The summed E-state index contributed by atoms with van der Waals surface area (Å²) < 4.78 is 0. The van der Waals surface area contributed by atoms with Crippen molar-refractivity contribution in [1.29, 1.82) is 0 Å². The van der Waals surface area contributed by atoms with Crippen molar-refractivity contribution >= 4 is 42.7 Å². The largest absolute Gasteiger partial charge is 0.122 e. The zero-order valence-electron chi connectivity index (χ0n) is 3.70. The summed E-state index contributed by atoms with van der Waals surface area (Å²) in [5.41, 5.74) is 1.88. The number of rotatable bonds is 3. The van der Waals surface area contributed by atoms with Crippen LogP contribution in [0, 0.1) is 0 Å². The van der Waals surface area contributed by atoms with Crippen LogP contribution in [0.5, 0.6) is 0 Å². The summed E-state index contributed by atoms with van der Waals surface area (Å²) in [5.74, 6) is 0. The Morgan fingerprint density at radius 2 is 1.14 bits per heavy atom. The van der Waals surface area contributed by atoms with E-state index in [0.29, 0.717) is 16.9 Å². The van der Waals surface area contributed by atoms with Crippen molar-refractivity contribution in [1.82, 2.24) is 0 Å². The Balaban J connectivity index is 2.99. The van der Waals surface area contributed by atoms with Gasteiger partial charge in [0.25, 0.3) is 0 Å². The smallest absolute Gasteiger partial charge is 0.0446 e. The van der Waals surface area contributed by atoms with Crippen molar-refractivity contribution in [3.8, 4) is 0 Å². The normalized spacial score (nSPS) is 10.3. The Bertz CT molecular complexity index is 31.7. The highest BCUT2D eigenvalue weighted by atomic mass is 35.5. The van der Waals surface area contributed by atoms with Crippen LogP contribution in [0.1, 0.15) is 0 Å². The third kappa shape index (κ3) is 3.85. The topological polar surface area (TPSA) is 0 Å². The summed E-state index contributed by atoms with van der Waals surface area (Å²) in [6.45, 7) is 0. The van der Waals surface area contributed by atoms with Crippen LogP contribution in [-0.2, 0) is 0 Å². The summed E-state index contributed by atoms with van der Waals surface area (Å²) in [7, 11) is -0.258. The molecule has 0 radical (unpaired) electrons. The molecule has 0 aliphatic rings. The number of halogens is 3. The van der Waals surface area contributed by atoms with Crippen molar-refractivity contribution in [2.24, 2.45) is 0 Å². The van der Waals surface area contributed by atoms with Crippen LogP contribution in [0.3, 0.4) is 0 Å². The highest BCUT2D eigenvalue weighted by molar-refractivity contribution is 7.62. The molecule has 0 saturated heterocycles. The van der Waals surface area contributed by atoms with Gasteiger partial charge in [-0.2, -0.15) is 0 Å². The molecule has 0 aliphatic carbocycles. The predicted molar refractivity (Wildman–Crippen MR) is 39.1 cm³/mol. The average molecular weight is 179 g/mol. The van der Waals surface area contributed by atoms with Crippen molar-refractivity contribution in [3.63, 3.8) is 0 Å². The quantitative estimate of drug-likeness (QED) is 0.461. The van der Waals surface area contributed by atoms with Gasteiger partial charge in [-0.3, -0.25) is 0 Å². The molecule has 0 rings (SSSR count). The molecule has 0 amide bonds. The van der Waals surface area contributed by atoms with Gasteiger partial charge in [-0.1, -0.05) is 7.92 Å². The summed E-state index contributed by atoms with van der Waals surface area (Å²) >= 11 is 16.3. The Kier molecular flexibility index (Phi) is 6.45. The van der Waals surface area contributed by atoms with Crippen LogP contribution in [0.4, 0.5) is 0 Å². The molecule has 0 unspecified atom stereocenters. The first kappa shape index (κ1) is 8.30. The SMILES string of the molecule is ClCP(CCl)CCl. The minimum atomic E-state index is -0.258. The molecule has 0 bridgehead atoms. The third-order valence-electron chi connectivity index (χ3n) is 0.507. The molecule has 0 heterocycles. The van der Waals surface area contributed by atoms with E-state index in [1.807, 2.05) is 0 Å². The van der Waals surface area contributed by atoms with Crippen LogP contribution < -0.4 is 0 Å². The molecule has 0 nitrogen and oxygen atoms in total. The van der Waals surface area contributed by atoms with Crippen LogP contribution in [0.15, 0.2) is 0 Å². The van der Waals surface area contributed by atoms with Gasteiger partial charge in [0, 0.05) is 16.9 Å². The maximum absolute atomic E-state index is 5.43. The zero-order valence-corrected chi connectivity index (χ0v) is 6.86. The number of hydrogen-bond acceptors (Lipinski definition) is 0. The molecule has 44 valence electrons. The van der Waals surface area contributed by atoms with E-state index in [1.165, 1.54) is 0 Å². The molecular weight excluding hydrogens is 173 g/mol. The first-order valence-corrected chi connectivity index (χ1v) is 5.25. The summed E-state index contributed by atoms with van der Waals surface area (Å²) in [5, 5.41) is 0. The van der Waals surface area contributed by atoms with E-state index in [2.05, 4.69) is 0 Å². The molecule has 0 aromatic rings. The Labute approximate surface area is 59.9 Å². The molecule has 0 atom stereocenters. The second kappa shape index (κ2) is 5.44. The van der Waals surface area contributed by atoms with Gasteiger partial charge in [0.05, 0.1) is 0 Å². The lowest BCUT2D eigenvalue weighted by atomic mass is 11.8. The van der Waals surface area contributed by atoms with Gasteiger partial charge in [-0.15, -0.1) is 34.8 Å². The minimum absolute atomic E-state index is 0.258. The highest BCUT2D eigenvalue weighted by Crippen LogP contribution is 2.38. The van der Waals surface area contributed by atoms with Gasteiger partial charge < -0.3 is 0 Å². The lowest BCUT2D eigenvalue weighted by Gasteiger charge is -2.02. The molecule has 0 aliphatic heterocycles. The maximum Gasteiger partial charge on any atom is 0.0446 e. The predicted octanol–water partition coefficient (Wildman–Crippen LogP) is 3.06. The van der Waals surface area contributed by atoms with E-state index in [1.54, 1.807) is 0 Å². The van der Waals surface area contributed by atoms with E-state index in [-0.39, 0.29) is 7.92 Å². The van der Waals surface area contributed by atoms with Crippen molar-refractivity contribution in [2.75, 3.05) is 16.9 Å². The lowest BCUT2D eigenvalue weighted by Crippen LogP contribution is -1.76. The van der Waals surface area contributed by atoms with Gasteiger partial charge in [0.2, 0.25) is 0 Å². The van der Waals surface area contributed by atoms with E-state index >= 15 is 0 Å². The summed E-state index contributed by atoms with van der Waals surface area (Å²) in [6, 6.07) is 0. The lowest BCUT2D eigenvalue weighted by molar-refractivity contribution is 1.90. The molecule has 0 fully saturated rings. The van der Waals surface area contributed by atoms with Gasteiger partial charge in [-0.05, 0) is 0 Å². The van der Waals surface area contributed by atoms with E-state index in [9.17, 15) is 0 Å². The van der Waals surface area contributed by atoms with Crippen LogP contribution in [0.2, 0.25) is 0 Å². The van der Waals surface area contributed by atoms with Gasteiger partial charge >= 0.3 is 0 Å². The van der Waals surface area contributed by atoms with Gasteiger partial charge in [0.1, 0.15) is 0 Å². The van der Waals surface area contributed by atoms with Crippen LogP contribution in [-0.4, -0.2) is 16.9 Å². The molecule has 4 heteroatoms. The van der Waals surface area contributed by atoms with Crippen LogP contribution >= 0.6 is 42.7 Å². The minimum Gasteiger partial charge on any atom is -0.122 e. The van der Waals surface area contributed by atoms with E-state index in [0.717, 1.165) is 0 Å². The molecule has 0 spiro atoms. The average Bonchev–Trinajstić information content (AvgIpc) is 1.72. The molecule has 7 heavy (non-hydrogen) atoms.